The van der Waals surface area contributed by atoms with Crippen LogP contribution in [0, 0.1) is 0 Å². The molecular formula is C20H21BrN2O2. The van der Waals surface area contributed by atoms with Gasteiger partial charge in [-0.2, -0.15) is 0 Å². The molecule has 1 heterocycles. The Morgan fingerprint density at radius 2 is 1.80 bits per heavy atom. The fourth-order valence-electron chi connectivity index (χ4n) is 3.14. The van der Waals surface area contributed by atoms with Gasteiger partial charge in [0.05, 0.1) is 0 Å². The summed E-state index contributed by atoms with van der Waals surface area (Å²) in [4.78, 5) is 26.9. The Hall–Kier alpha value is -2.14. The van der Waals surface area contributed by atoms with Crippen molar-refractivity contribution < 1.29 is 9.59 Å². The third-order valence-corrected chi connectivity index (χ3v) is 4.99. The lowest BCUT2D eigenvalue weighted by Gasteiger charge is -2.24. The van der Waals surface area contributed by atoms with E-state index in [0.717, 1.165) is 28.6 Å². The van der Waals surface area contributed by atoms with Crippen molar-refractivity contribution in [1.29, 1.82) is 0 Å². The van der Waals surface area contributed by atoms with Gasteiger partial charge in [-0.1, -0.05) is 46.3 Å². The van der Waals surface area contributed by atoms with Crippen molar-refractivity contribution in [1.82, 2.24) is 4.90 Å². The van der Waals surface area contributed by atoms with Crippen LogP contribution >= 0.6 is 15.9 Å². The molecule has 5 heteroatoms. The van der Waals surface area contributed by atoms with Crippen LogP contribution in [0.1, 0.15) is 24.8 Å². The molecule has 1 fully saturated rings. The predicted octanol–water partition coefficient (Wildman–Crippen LogP) is 4.01. The predicted molar refractivity (Wildman–Crippen MR) is 102 cm³/mol. The van der Waals surface area contributed by atoms with Crippen molar-refractivity contribution in [3.8, 4) is 0 Å². The van der Waals surface area contributed by atoms with Gasteiger partial charge >= 0.3 is 0 Å². The lowest BCUT2D eigenvalue weighted by Crippen LogP contribution is -2.43. The number of carbonyl (C=O) groups is 2. The van der Waals surface area contributed by atoms with E-state index in [2.05, 4.69) is 21.2 Å². The summed E-state index contributed by atoms with van der Waals surface area (Å²) in [7, 11) is 0. The number of amides is 2. The van der Waals surface area contributed by atoms with E-state index >= 15 is 0 Å². The van der Waals surface area contributed by atoms with E-state index in [1.165, 1.54) is 0 Å². The summed E-state index contributed by atoms with van der Waals surface area (Å²) in [5.41, 5.74) is 1.89. The summed E-state index contributed by atoms with van der Waals surface area (Å²) in [5, 5.41) is 2.92. The molecule has 25 heavy (non-hydrogen) atoms. The normalized spacial score (nSPS) is 16.7. The van der Waals surface area contributed by atoms with Crippen molar-refractivity contribution in [3.05, 3.63) is 64.6 Å². The molecule has 2 aromatic rings. The molecule has 0 aliphatic carbocycles. The Kier molecular flexibility index (Phi) is 5.87. The number of nitrogens with zero attached hydrogens (tertiary/aromatic N) is 1. The topological polar surface area (TPSA) is 49.4 Å². The SMILES string of the molecule is O=C(Nc1ccc(Br)cc1)[C@@H]1CCCN1C(=O)CCc1ccccc1. The molecule has 1 N–H and O–H groups in total. The van der Waals surface area contributed by atoms with Gasteiger partial charge in [-0.15, -0.1) is 0 Å². The highest BCUT2D eigenvalue weighted by molar-refractivity contribution is 9.10. The highest BCUT2D eigenvalue weighted by Crippen LogP contribution is 2.21. The van der Waals surface area contributed by atoms with E-state index < -0.39 is 0 Å². The summed E-state index contributed by atoms with van der Waals surface area (Å²) in [6.07, 6.45) is 2.73. The molecule has 0 spiro atoms. The first-order valence-corrected chi connectivity index (χ1v) is 9.32. The summed E-state index contributed by atoms with van der Waals surface area (Å²) in [6.45, 7) is 0.659. The minimum absolute atomic E-state index is 0.0531. The van der Waals surface area contributed by atoms with Crippen LogP contribution in [-0.2, 0) is 16.0 Å². The number of rotatable bonds is 5. The Balaban J connectivity index is 1.58. The minimum Gasteiger partial charge on any atom is -0.331 e. The van der Waals surface area contributed by atoms with E-state index in [1.54, 1.807) is 4.90 Å². The zero-order chi connectivity index (χ0) is 17.6. The van der Waals surface area contributed by atoms with Crippen LogP contribution in [0.25, 0.3) is 0 Å². The molecular weight excluding hydrogens is 380 g/mol. The van der Waals surface area contributed by atoms with Crippen LogP contribution in [0.5, 0.6) is 0 Å². The Morgan fingerprint density at radius 3 is 2.52 bits per heavy atom. The maximum Gasteiger partial charge on any atom is 0.247 e. The largest absolute Gasteiger partial charge is 0.331 e. The molecule has 1 atom stereocenters. The third-order valence-electron chi connectivity index (χ3n) is 4.46. The van der Waals surface area contributed by atoms with Crippen LogP contribution in [0.2, 0.25) is 0 Å². The van der Waals surface area contributed by atoms with E-state index in [9.17, 15) is 9.59 Å². The number of aryl methyl sites for hydroxylation is 1. The lowest BCUT2D eigenvalue weighted by atomic mass is 10.1. The number of nitrogens with one attached hydrogen (secondary N) is 1. The molecule has 3 rings (SSSR count). The third kappa shape index (κ3) is 4.69. The van der Waals surface area contributed by atoms with Crippen molar-refractivity contribution in [3.63, 3.8) is 0 Å². The Bertz CT molecular complexity index is 731. The van der Waals surface area contributed by atoms with Crippen LogP contribution in [0.4, 0.5) is 5.69 Å². The van der Waals surface area contributed by atoms with E-state index in [1.807, 2.05) is 54.6 Å². The fraction of sp³-hybridized carbons (Fsp3) is 0.300. The van der Waals surface area contributed by atoms with Crippen LogP contribution in [0.15, 0.2) is 59.1 Å². The van der Waals surface area contributed by atoms with Crippen LogP contribution < -0.4 is 5.32 Å². The van der Waals surface area contributed by atoms with Crippen molar-refractivity contribution in [2.75, 3.05) is 11.9 Å². The van der Waals surface area contributed by atoms with Gasteiger partial charge in [-0.3, -0.25) is 9.59 Å². The summed E-state index contributed by atoms with van der Waals surface area (Å²) < 4.78 is 0.962. The number of likely N-dealkylation sites (tertiary alicyclic amines) is 1. The molecule has 130 valence electrons. The zero-order valence-electron chi connectivity index (χ0n) is 14.0. The van der Waals surface area contributed by atoms with E-state index in [4.69, 9.17) is 0 Å². The van der Waals surface area contributed by atoms with Crippen molar-refractivity contribution in [2.24, 2.45) is 0 Å². The number of benzene rings is 2. The molecule has 0 bridgehead atoms. The summed E-state index contributed by atoms with van der Waals surface area (Å²) in [6, 6.07) is 17.1. The average molecular weight is 401 g/mol. The molecule has 0 radical (unpaired) electrons. The van der Waals surface area contributed by atoms with Gasteiger partial charge in [0.15, 0.2) is 0 Å². The summed E-state index contributed by atoms with van der Waals surface area (Å²) >= 11 is 3.38. The maximum absolute atomic E-state index is 12.6. The highest BCUT2D eigenvalue weighted by atomic mass is 79.9. The second-order valence-electron chi connectivity index (χ2n) is 6.23. The lowest BCUT2D eigenvalue weighted by molar-refractivity contribution is -0.136. The quantitative estimate of drug-likeness (QED) is 0.823. The monoisotopic (exact) mass is 400 g/mol. The van der Waals surface area contributed by atoms with Gasteiger partial charge < -0.3 is 10.2 Å². The van der Waals surface area contributed by atoms with Gasteiger partial charge in [0.1, 0.15) is 6.04 Å². The van der Waals surface area contributed by atoms with Crippen LogP contribution in [0.3, 0.4) is 0 Å². The van der Waals surface area contributed by atoms with Crippen LogP contribution in [-0.4, -0.2) is 29.3 Å². The van der Waals surface area contributed by atoms with Crippen molar-refractivity contribution >= 4 is 33.4 Å². The molecule has 0 aromatic heterocycles. The summed E-state index contributed by atoms with van der Waals surface area (Å²) in [5.74, 6) is -0.0507. The average Bonchev–Trinajstić information content (AvgIpc) is 3.12. The van der Waals surface area contributed by atoms with Gasteiger partial charge in [-0.05, 0) is 49.1 Å². The Morgan fingerprint density at radius 1 is 1.08 bits per heavy atom. The van der Waals surface area contributed by atoms with Gasteiger partial charge in [0.25, 0.3) is 0 Å². The molecule has 1 aliphatic rings. The molecule has 2 amide bonds. The molecule has 1 saturated heterocycles. The molecule has 0 saturated carbocycles. The second-order valence-corrected chi connectivity index (χ2v) is 7.14. The molecule has 4 nitrogen and oxygen atoms in total. The van der Waals surface area contributed by atoms with Crippen molar-refractivity contribution in [2.45, 2.75) is 31.7 Å². The molecule has 0 unspecified atom stereocenters. The fourth-order valence-corrected chi connectivity index (χ4v) is 3.40. The standard InChI is InChI=1S/C20H21BrN2O2/c21-16-9-11-17(12-10-16)22-20(25)18-7-4-14-23(18)19(24)13-8-15-5-2-1-3-6-15/h1-3,5-6,9-12,18H,4,7-8,13-14H2,(H,22,25)/t18-/m0/s1. The molecule has 1 aliphatic heterocycles. The van der Waals surface area contributed by atoms with Gasteiger partial charge in [-0.25, -0.2) is 0 Å². The highest BCUT2D eigenvalue weighted by Gasteiger charge is 2.33. The minimum atomic E-state index is -0.369. The van der Waals surface area contributed by atoms with Gasteiger partial charge in [0, 0.05) is 23.1 Å². The smallest absolute Gasteiger partial charge is 0.247 e. The van der Waals surface area contributed by atoms with E-state index in [-0.39, 0.29) is 17.9 Å². The number of anilines is 1. The Labute approximate surface area is 156 Å². The zero-order valence-corrected chi connectivity index (χ0v) is 15.5. The second kappa shape index (κ2) is 8.30. The first kappa shape index (κ1) is 17.7. The number of carbonyl (C=O) groups excluding carboxylic acids is 2. The van der Waals surface area contributed by atoms with Gasteiger partial charge in [0.2, 0.25) is 11.8 Å². The number of hydrogen-bond donors (Lipinski definition) is 1. The van der Waals surface area contributed by atoms with E-state index in [0.29, 0.717) is 19.4 Å². The first-order valence-electron chi connectivity index (χ1n) is 8.53. The maximum atomic E-state index is 12.6. The first-order chi connectivity index (χ1) is 12.1. The molecule has 2 aromatic carbocycles. The number of hydrogen-bond acceptors (Lipinski definition) is 2. The number of halogens is 1.